The van der Waals surface area contributed by atoms with Gasteiger partial charge in [-0.25, -0.2) is 0 Å². The predicted octanol–water partition coefficient (Wildman–Crippen LogP) is 6.10. The van der Waals surface area contributed by atoms with Crippen molar-refractivity contribution in [3.63, 3.8) is 0 Å². The lowest BCUT2D eigenvalue weighted by Gasteiger charge is -2.31. The molecule has 1 N–H and O–H groups in total. The molecule has 0 radical (unpaired) electrons. The van der Waals surface area contributed by atoms with Crippen molar-refractivity contribution < 1.29 is 5.11 Å². The van der Waals surface area contributed by atoms with Crippen LogP contribution in [0.2, 0.25) is 0 Å². The van der Waals surface area contributed by atoms with Crippen LogP contribution in [0, 0.1) is 6.92 Å². The molecule has 0 fully saturated rings. The summed E-state index contributed by atoms with van der Waals surface area (Å²) >= 11 is 3.55. The van der Waals surface area contributed by atoms with Gasteiger partial charge in [-0.1, -0.05) is 82.7 Å². The summed E-state index contributed by atoms with van der Waals surface area (Å²) < 4.78 is 0.910. The lowest BCUT2D eigenvalue weighted by molar-refractivity contribution is 0.121. The summed E-state index contributed by atoms with van der Waals surface area (Å²) in [5, 5.41) is 12.2. The minimum absolute atomic E-state index is 0.606. The smallest absolute Gasteiger partial charge is 0.157 e. The Labute approximate surface area is 173 Å². The van der Waals surface area contributed by atoms with Crippen LogP contribution >= 0.6 is 15.9 Å². The van der Waals surface area contributed by atoms with E-state index in [1.165, 1.54) is 0 Å². The highest BCUT2D eigenvalue weighted by molar-refractivity contribution is 9.10. The van der Waals surface area contributed by atoms with Crippen LogP contribution in [-0.4, -0.2) is 10.1 Å². The van der Waals surface area contributed by atoms with Gasteiger partial charge in [-0.15, -0.1) is 0 Å². The number of benzene rings is 3. The zero-order valence-electron chi connectivity index (χ0n) is 15.5. The number of pyridine rings is 1. The van der Waals surface area contributed by atoms with E-state index in [-0.39, 0.29) is 0 Å². The van der Waals surface area contributed by atoms with Gasteiger partial charge in [0.15, 0.2) is 5.60 Å². The Kier molecular flexibility index (Phi) is 5.12. The van der Waals surface area contributed by atoms with Gasteiger partial charge in [-0.05, 0) is 53.4 Å². The van der Waals surface area contributed by atoms with Crippen molar-refractivity contribution >= 4 is 15.9 Å². The van der Waals surface area contributed by atoms with E-state index in [2.05, 4.69) is 33.0 Å². The quantitative estimate of drug-likeness (QED) is 0.424. The van der Waals surface area contributed by atoms with E-state index in [1.54, 1.807) is 6.20 Å². The molecule has 138 valence electrons. The van der Waals surface area contributed by atoms with Gasteiger partial charge in [-0.3, -0.25) is 4.98 Å². The minimum Gasteiger partial charge on any atom is -0.374 e. The van der Waals surface area contributed by atoms with Gasteiger partial charge in [0.05, 0.1) is 5.69 Å². The maximum atomic E-state index is 12.2. The Balaban J connectivity index is 2.04. The summed E-state index contributed by atoms with van der Waals surface area (Å²) in [5.41, 5.74) is 3.88. The molecular weight excluding hydrogens is 410 g/mol. The molecule has 1 heterocycles. The molecule has 1 aromatic heterocycles. The lowest BCUT2D eigenvalue weighted by atomic mass is 9.79. The fraction of sp³-hybridized carbons (Fsp3) is 0.0800. The fourth-order valence-electron chi connectivity index (χ4n) is 3.56. The Morgan fingerprint density at radius 1 is 0.821 bits per heavy atom. The number of hydrogen-bond acceptors (Lipinski definition) is 2. The third kappa shape index (κ3) is 3.39. The molecule has 0 spiro atoms. The zero-order chi connectivity index (χ0) is 19.6. The van der Waals surface area contributed by atoms with Crippen LogP contribution < -0.4 is 0 Å². The van der Waals surface area contributed by atoms with Gasteiger partial charge < -0.3 is 5.11 Å². The second-order valence-corrected chi connectivity index (χ2v) is 7.77. The van der Waals surface area contributed by atoms with Gasteiger partial charge in [-0.2, -0.15) is 0 Å². The van der Waals surface area contributed by atoms with E-state index in [1.807, 2.05) is 85.8 Å². The van der Waals surface area contributed by atoms with Gasteiger partial charge in [0, 0.05) is 16.2 Å². The number of nitrogens with zero attached hydrogens (tertiary/aromatic N) is 1. The molecule has 0 aliphatic carbocycles. The first-order valence-corrected chi connectivity index (χ1v) is 9.95. The third-order valence-corrected chi connectivity index (χ3v) is 5.42. The van der Waals surface area contributed by atoms with Crippen LogP contribution in [0.5, 0.6) is 0 Å². The molecule has 0 amide bonds. The normalized spacial score (nSPS) is 13.1. The molecule has 0 saturated heterocycles. The van der Waals surface area contributed by atoms with Crippen LogP contribution in [0.3, 0.4) is 0 Å². The van der Waals surface area contributed by atoms with E-state index >= 15 is 0 Å². The number of hydrogen-bond donors (Lipinski definition) is 1. The number of aromatic nitrogens is 1. The largest absolute Gasteiger partial charge is 0.374 e. The summed E-state index contributed by atoms with van der Waals surface area (Å²) in [6.45, 7) is 2.01. The van der Waals surface area contributed by atoms with Crippen LogP contribution in [0.15, 0.2) is 102 Å². The number of aliphatic hydroxyl groups is 1. The summed E-state index contributed by atoms with van der Waals surface area (Å²) in [6.07, 6.45) is 1.75. The Morgan fingerprint density at radius 2 is 1.57 bits per heavy atom. The van der Waals surface area contributed by atoms with Crippen molar-refractivity contribution in [3.8, 4) is 11.1 Å². The highest BCUT2D eigenvalue weighted by atomic mass is 79.9. The molecule has 4 rings (SSSR count). The summed E-state index contributed by atoms with van der Waals surface area (Å²) in [5.74, 6) is 0. The molecule has 0 saturated carbocycles. The number of rotatable bonds is 4. The molecule has 2 nitrogen and oxygen atoms in total. The average molecular weight is 430 g/mol. The van der Waals surface area contributed by atoms with Gasteiger partial charge in [0.2, 0.25) is 0 Å². The van der Waals surface area contributed by atoms with Crippen LogP contribution in [0.25, 0.3) is 11.1 Å². The second-order valence-electron chi connectivity index (χ2n) is 6.85. The first kappa shape index (κ1) is 18.6. The standard InChI is InChI=1S/C25H20BrNO/c1-18-14-15-27-24(16-18)25(28,20-10-7-11-21(26)17-20)23-13-6-5-12-22(23)19-8-3-2-4-9-19/h2-17,28H,1H3. The highest BCUT2D eigenvalue weighted by Crippen LogP contribution is 2.41. The third-order valence-electron chi connectivity index (χ3n) is 4.93. The number of aryl methyl sites for hydroxylation is 1. The molecule has 3 heteroatoms. The monoisotopic (exact) mass is 429 g/mol. The highest BCUT2D eigenvalue weighted by Gasteiger charge is 2.37. The molecule has 1 unspecified atom stereocenters. The summed E-state index contributed by atoms with van der Waals surface area (Å²) in [6, 6.07) is 29.8. The molecule has 0 aliphatic heterocycles. The minimum atomic E-state index is -1.39. The second kappa shape index (κ2) is 7.70. The molecule has 0 aliphatic rings. The predicted molar refractivity (Wildman–Crippen MR) is 117 cm³/mol. The van der Waals surface area contributed by atoms with Crippen molar-refractivity contribution in [1.29, 1.82) is 0 Å². The Morgan fingerprint density at radius 3 is 2.32 bits per heavy atom. The van der Waals surface area contributed by atoms with Crippen LogP contribution in [0.4, 0.5) is 0 Å². The lowest BCUT2D eigenvalue weighted by Crippen LogP contribution is -2.31. The van der Waals surface area contributed by atoms with E-state index in [9.17, 15) is 5.11 Å². The fourth-order valence-corrected chi connectivity index (χ4v) is 3.96. The molecule has 4 aromatic rings. The molecule has 0 bridgehead atoms. The summed E-state index contributed by atoms with van der Waals surface area (Å²) in [7, 11) is 0. The van der Waals surface area contributed by atoms with E-state index in [0.717, 1.165) is 32.3 Å². The molecular formula is C25H20BrNO. The maximum absolute atomic E-state index is 12.2. The van der Waals surface area contributed by atoms with Crippen LogP contribution in [-0.2, 0) is 5.60 Å². The van der Waals surface area contributed by atoms with Crippen molar-refractivity contribution in [1.82, 2.24) is 4.98 Å². The van der Waals surface area contributed by atoms with Gasteiger partial charge in [0.1, 0.15) is 0 Å². The van der Waals surface area contributed by atoms with Crippen molar-refractivity contribution in [2.45, 2.75) is 12.5 Å². The van der Waals surface area contributed by atoms with Crippen LogP contribution in [0.1, 0.15) is 22.4 Å². The zero-order valence-corrected chi connectivity index (χ0v) is 17.1. The topological polar surface area (TPSA) is 33.1 Å². The Hall–Kier alpha value is -2.75. The van der Waals surface area contributed by atoms with Crippen molar-refractivity contribution in [2.75, 3.05) is 0 Å². The Bertz CT molecular complexity index is 1060. The molecule has 3 aromatic carbocycles. The van der Waals surface area contributed by atoms with E-state index in [4.69, 9.17) is 0 Å². The first-order chi connectivity index (χ1) is 13.6. The van der Waals surface area contributed by atoms with E-state index < -0.39 is 5.60 Å². The van der Waals surface area contributed by atoms with Gasteiger partial charge in [0.25, 0.3) is 0 Å². The van der Waals surface area contributed by atoms with Crippen molar-refractivity contribution in [3.05, 3.63) is 124 Å². The first-order valence-electron chi connectivity index (χ1n) is 9.15. The average Bonchev–Trinajstić information content (AvgIpc) is 2.74. The maximum Gasteiger partial charge on any atom is 0.157 e. The van der Waals surface area contributed by atoms with Gasteiger partial charge >= 0.3 is 0 Å². The molecule has 28 heavy (non-hydrogen) atoms. The van der Waals surface area contributed by atoms with E-state index in [0.29, 0.717) is 5.69 Å². The SMILES string of the molecule is Cc1ccnc(C(O)(c2cccc(Br)c2)c2ccccc2-c2ccccc2)c1. The van der Waals surface area contributed by atoms with Crippen molar-refractivity contribution in [2.24, 2.45) is 0 Å². The molecule has 1 atom stereocenters. The number of halogens is 1. The summed E-state index contributed by atoms with van der Waals surface area (Å²) in [4.78, 5) is 4.56.